The molecule has 0 bridgehead atoms. The maximum absolute atomic E-state index is 11.4. The van der Waals surface area contributed by atoms with Gasteiger partial charge in [-0.3, -0.25) is 4.79 Å². The summed E-state index contributed by atoms with van der Waals surface area (Å²) in [5.74, 6) is 0.119. The van der Waals surface area contributed by atoms with Crippen LogP contribution in [0.1, 0.15) is 33.1 Å². The zero-order valence-electron chi connectivity index (χ0n) is 10.8. The minimum Gasteiger partial charge on any atom is -0.355 e. The zero-order valence-corrected chi connectivity index (χ0v) is 10.8. The average molecular weight is 227 g/mol. The highest BCUT2D eigenvalue weighted by atomic mass is 16.1. The van der Waals surface area contributed by atoms with Gasteiger partial charge in [-0.2, -0.15) is 0 Å². The van der Waals surface area contributed by atoms with Crippen LogP contribution in [0.2, 0.25) is 0 Å². The minimum atomic E-state index is 0.119. The Morgan fingerprint density at radius 1 is 1.50 bits per heavy atom. The Balaban J connectivity index is 2.15. The SMILES string of the molecule is CCCNC(=O)CNC1CCN(C)C(C)C1. The van der Waals surface area contributed by atoms with Crippen LogP contribution in [0.5, 0.6) is 0 Å². The summed E-state index contributed by atoms with van der Waals surface area (Å²) in [5, 5.41) is 6.22. The highest BCUT2D eigenvalue weighted by Gasteiger charge is 2.22. The van der Waals surface area contributed by atoms with Crippen molar-refractivity contribution in [3.63, 3.8) is 0 Å². The number of rotatable bonds is 5. The van der Waals surface area contributed by atoms with E-state index in [0.29, 0.717) is 18.6 Å². The van der Waals surface area contributed by atoms with E-state index in [9.17, 15) is 4.79 Å². The molecule has 0 saturated carbocycles. The molecule has 2 atom stereocenters. The average Bonchev–Trinajstić information content (AvgIpc) is 2.28. The number of carbonyl (C=O) groups is 1. The summed E-state index contributed by atoms with van der Waals surface area (Å²) >= 11 is 0. The molecule has 0 aromatic carbocycles. The van der Waals surface area contributed by atoms with Crippen molar-refractivity contribution >= 4 is 5.91 Å². The molecule has 16 heavy (non-hydrogen) atoms. The van der Waals surface area contributed by atoms with Gasteiger partial charge in [0.15, 0.2) is 0 Å². The number of likely N-dealkylation sites (tertiary alicyclic amines) is 1. The van der Waals surface area contributed by atoms with Gasteiger partial charge >= 0.3 is 0 Å². The van der Waals surface area contributed by atoms with E-state index in [1.165, 1.54) is 0 Å². The molecule has 0 aromatic heterocycles. The molecular formula is C12H25N3O. The van der Waals surface area contributed by atoms with E-state index >= 15 is 0 Å². The first kappa shape index (κ1) is 13.5. The van der Waals surface area contributed by atoms with Crippen LogP contribution >= 0.6 is 0 Å². The monoisotopic (exact) mass is 227 g/mol. The largest absolute Gasteiger partial charge is 0.355 e. The molecule has 4 nitrogen and oxygen atoms in total. The molecule has 94 valence electrons. The lowest BCUT2D eigenvalue weighted by atomic mass is 9.99. The summed E-state index contributed by atoms with van der Waals surface area (Å²) in [6.07, 6.45) is 3.27. The number of piperidine rings is 1. The van der Waals surface area contributed by atoms with Gasteiger partial charge in [0.1, 0.15) is 0 Å². The molecule has 4 heteroatoms. The van der Waals surface area contributed by atoms with Gasteiger partial charge in [0, 0.05) is 18.6 Å². The number of nitrogens with zero attached hydrogens (tertiary/aromatic N) is 1. The summed E-state index contributed by atoms with van der Waals surface area (Å²) in [4.78, 5) is 13.8. The van der Waals surface area contributed by atoms with Crippen LogP contribution < -0.4 is 10.6 Å². The predicted octanol–water partition coefficient (Wildman–Crippen LogP) is 0.585. The third-order valence-electron chi connectivity index (χ3n) is 3.33. The van der Waals surface area contributed by atoms with Gasteiger partial charge in [0.2, 0.25) is 5.91 Å². The van der Waals surface area contributed by atoms with Crippen LogP contribution in [-0.2, 0) is 4.79 Å². The Bertz CT molecular complexity index is 220. The summed E-state index contributed by atoms with van der Waals surface area (Å²) < 4.78 is 0. The zero-order chi connectivity index (χ0) is 12.0. The van der Waals surface area contributed by atoms with E-state index < -0.39 is 0 Å². The van der Waals surface area contributed by atoms with Crippen LogP contribution in [0.3, 0.4) is 0 Å². The summed E-state index contributed by atoms with van der Waals surface area (Å²) in [5.41, 5.74) is 0. The molecule has 1 aliphatic rings. The molecule has 0 aliphatic carbocycles. The molecule has 1 aliphatic heterocycles. The fourth-order valence-corrected chi connectivity index (χ4v) is 2.04. The molecule has 1 amide bonds. The van der Waals surface area contributed by atoms with E-state index in [-0.39, 0.29) is 5.91 Å². The number of hydrogen-bond donors (Lipinski definition) is 2. The Labute approximate surface area is 98.8 Å². The van der Waals surface area contributed by atoms with E-state index in [1.807, 2.05) is 0 Å². The fraction of sp³-hybridized carbons (Fsp3) is 0.917. The number of carbonyl (C=O) groups excluding carboxylic acids is 1. The van der Waals surface area contributed by atoms with Gasteiger partial charge in [0.25, 0.3) is 0 Å². The molecule has 1 heterocycles. The van der Waals surface area contributed by atoms with Crippen molar-refractivity contribution in [2.45, 2.75) is 45.2 Å². The van der Waals surface area contributed by atoms with Crippen molar-refractivity contribution in [2.75, 3.05) is 26.7 Å². The first-order valence-electron chi connectivity index (χ1n) is 6.33. The molecule has 2 unspecified atom stereocenters. The second-order valence-corrected chi connectivity index (χ2v) is 4.78. The Morgan fingerprint density at radius 3 is 2.88 bits per heavy atom. The number of nitrogens with one attached hydrogen (secondary N) is 2. The maximum atomic E-state index is 11.4. The van der Waals surface area contributed by atoms with Gasteiger partial charge in [0.05, 0.1) is 6.54 Å². The summed E-state index contributed by atoms with van der Waals surface area (Å²) in [7, 11) is 2.16. The Morgan fingerprint density at radius 2 is 2.25 bits per heavy atom. The van der Waals surface area contributed by atoms with Crippen LogP contribution in [-0.4, -0.2) is 49.6 Å². The van der Waals surface area contributed by atoms with E-state index in [1.54, 1.807) is 0 Å². The van der Waals surface area contributed by atoms with Crippen LogP contribution in [0.4, 0.5) is 0 Å². The third kappa shape index (κ3) is 4.49. The van der Waals surface area contributed by atoms with Crippen molar-refractivity contribution in [3.8, 4) is 0 Å². The Kier molecular flexibility index (Phi) is 5.77. The van der Waals surface area contributed by atoms with Gasteiger partial charge in [-0.05, 0) is 39.8 Å². The van der Waals surface area contributed by atoms with E-state index in [2.05, 4.69) is 36.4 Å². The smallest absolute Gasteiger partial charge is 0.233 e. The first-order valence-corrected chi connectivity index (χ1v) is 6.33. The van der Waals surface area contributed by atoms with Gasteiger partial charge < -0.3 is 15.5 Å². The second kappa shape index (κ2) is 6.86. The van der Waals surface area contributed by atoms with Crippen molar-refractivity contribution in [1.29, 1.82) is 0 Å². The van der Waals surface area contributed by atoms with Crippen LogP contribution in [0.15, 0.2) is 0 Å². The summed E-state index contributed by atoms with van der Waals surface area (Å²) in [6.45, 7) is 6.66. The minimum absolute atomic E-state index is 0.119. The highest BCUT2D eigenvalue weighted by molar-refractivity contribution is 5.77. The van der Waals surface area contributed by atoms with Gasteiger partial charge in [-0.1, -0.05) is 6.92 Å². The second-order valence-electron chi connectivity index (χ2n) is 4.78. The number of hydrogen-bond acceptors (Lipinski definition) is 3. The standard InChI is InChI=1S/C12H25N3O/c1-4-6-13-12(16)9-14-11-5-7-15(3)10(2)8-11/h10-11,14H,4-9H2,1-3H3,(H,13,16). The lowest BCUT2D eigenvalue weighted by Crippen LogP contribution is -2.48. The van der Waals surface area contributed by atoms with Crippen molar-refractivity contribution in [3.05, 3.63) is 0 Å². The van der Waals surface area contributed by atoms with Crippen molar-refractivity contribution in [2.24, 2.45) is 0 Å². The molecule has 0 radical (unpaired) electrons. The maximum Gasteiger partial charge on any atom is 0.233 e. The van der Waals surface area contributed by atoms with Gasteiger partial charge in [-0.15, -0.1) is 0 Å². The van der Waals surface area contributed by atoms with Crippen molar-refractivity contribution in [1.82, 2.24) is 15.5 Å². The predicted molar refractivity (Wildman–Crippen MR) is 66.4 cm³/mol. The highest BCUT2D eigenvalue weighted by Crippen LogP contribution is 2.14. The normalized spacial score (nSPS) is 26.7. The van der Waals surface area contributed by atoms with E-state index in [4.69, 9.17) is 0 Å². The molecule has 0 aromatic rings. The quantitative estimate of drug-likeness (QED) is 0.722. The van der Waals surface area contributed by atoms with Crippen LogP contribution in [0.25, 0.3) is 0 Å². The lowest BCUT2D eigenvalue weighted by molar-refractivity contribution is -0.120. The topological polar surface area (TPSA) is 44.4 Å². The molecule has 1 rings (SSSR count). The molecule has 1 fully saturated rings. The fourth-order valence-electron chi connectivity index (χ4n) is 2.04. The van der Waals surface area contributed by atoms with Crippen LogP contribution in [0, 0.1) is 0 Å². The Hall–Kier alpha value is -0.610. The molecule has 1 saturated heterocycles. The van der Waals surface area contributed by atoms with Gasteiger partial charge in [-0.25, -0.2) is 0 Å². The third-order valence-corrected chi connectivity index (χ3v) is 3.33. The lowest BCUT2D eigenvalue weighted by Gasteiger charge is -2.35. The molecule has 0 spiro atoms. The van der Waals surface area contributed by atoms with E-state index in [0.717, 1.165) is 32.4 Å². The van der Waals surface area contributed by atoms with Crippen molar-refractivity contribution < 1.29 is 4.79 Å². The number of amides is 1. The molecular weight excluding hydrogens is 202 g/mol. The summed E-state index contributed by atoms with van der Waals surface area (Å²) in [6, 6.07) is 1.11. The first-order chi connectivity index (χ1) is 7.63. The molecule has 2 N–H and O–H groups in total.